The van der Waals surface area contributed by atoms with Crippen molar-refractivity contribution in [1.29, 1.82) is 0 Å². The van der Waals surface area contributed by atoms with Crippen LogP contribution in [0.15, 0.2) is 12.2 Å². The highest BCUT2D eigenvalue weighted by Gasteiger charge is 2.18. The summed E-state index contributed by atoms with van der Waals surface area (Å²) in [4.78, 5) is 24.4. The Morgan fingerprint density at radius 3 is 1.08 bits per heavy atom. The van der Waals surface area contributed by atoms with Crippen LogP contribution in [0.3, 0.4) is 0 Å². The molecule has 0 bridgehead atoms. The van der Waals surface area contributed by atoms with Gasteiger partial charge in [-0.25, -0.2) is 0 Å². The van der Waals surface area contributed by atoms with Crippen molar-refractivity contribution in [2.24, 2.45) is 0 Å². The molecule has 0 fully saturated rings. The summed E-state index contributed by atoms with van der Waals surface area (Å²) in [5, 5.41) is 23.0. The van der Waals surface area contributed by atoms with Gasteiger partial charge in [0.25, 0.3) is 0 Å². The molecule has 2 unspecified atom stereocenters. The molecule has 63 heavy (non-hydrogen) atoms. The van der Waals surface area contributed by atoms with Gasteiger partial charge in [0.2, 0.25) is 5.91 Å². The maximum atomic E-state index is 12.4. The molecule has 2 atom stereocenters. The Hall–Kier alpha value is -1.40. The number of rotatable bonds is 53. The Morgan fingerprint density at radius 2 is 0.730 bits per heavy atom. The van der Waals surface area contributed by atoms with E-state index in [1.807, 2.05) is 6.08 Å². The van der Waals surface area contributed by atoms with Crippen LogP contribution in [0.1, 0.15) is 316 Å². The number of unbranched alkanes of at least 4 members (excludes halogenated alkanes) is 42. The summed E-state index contributed by atoms with van der Waals surface area (Å²) in [5.74, 6) is -0.0520. The van der Waals surface area contributed by atoms with Gasteiger partial charge in [0.15, 0.2) is 0 Å². The number of aliphatic hydroxyl groups excluding tert-OH is 2. The summed E-state index contributed by atoms with van der Waals surface area (Å²) in [6.07, 6.45) is 62.4. The number of hydrogen-bond donors (Lipinski definition) is 3. The molecule has 0 rings (SSSR count). The van der Waals surface area contributed by atoms with Crippen LogP contribution in [0.25, 0.3) is 0 Å². The van der Waals surface area contributed by atoms with Crippen molar-refractivity contribution < 1.29 is 24.5 Å². The lowest BCUT2D eigenvalue weighted by atomic mass is 10.0. The van der Waals surface area contributed by atoms with Crippen LogP contribution >= 0.6 is 0 Å². The van der Waals surface area contributed by atoms with Crippen molar-refractivity contribution in [1.82, 2.24) is 5.32 Å². The summed E-state index contributed by atoms with van der Waals surface area (Å²) in [6.45, 7) is 4.90. The third kappa shape index (κ3) is 49.9. The molecule has 0 aromatic rings. The molecule has 0 radical (unpaired) electrons. The summed E-state index contributed by atoms with van der Waals surface area (Å²) in [7, 11) is 0. The molecule has 0 saturated carbocycles. The number of hydrogen-bond acceptors (Lipinski definition) is 5. The van der Waals surface area contributed by atoms with E-state index in [1.54, 1.807) is 6.08 Å². The number of carbonyl (C=O) groups excluding carboxylic acids is 2. The fourth-order valence-corrected chi connectivity index (χ4v) is 8.93. The fourth-order valence-electron chi connectivity index (χ4n) is 8.93. The van der Waals surface area contributed by atoms with Crippen LogP contribution in [-0.4, -0.2) is 47.4 Å². The number of ether oxygens (including phenoxy) is 1. The van der Waals surface area contributed by atoms with Gasteiger partial charge in [-0.3, -0.25) is 9.59 Å². The second-order valence-electron chi connectivity index (χ2n) is 19.6. The second kappa shape index (κ2) is 53.2. The highest BCUT2D eigenvalue weighted by atomic mass is 16.5. The number of aliphatic hydroxyl groups is 2. The smallest absolute Gasteiger partial charge is 0.305 e. The van der Waals surface area contributed by atoms with Crippen molar-refractivity contribution in [3.8, 4) is 0 Å². The molecule has 0 aromatic carbocycles. The number of carbonyl (C=O) groups is 2. The predicted octanol–water partition coefficient (Wildman–Crippen LogP) is 17.3. The molecule has 3 N–H and O–H groups in total. The summed E-state index contributed by atoms with van der Waals surface area (Å²) < 4.78 is 5.47. The molecule has 6 heteroatoms. The molecular formula is C57H111NO5. The lowest BCUT2D eigenvalue weighted by Crippen LogP contribution is -2.45. The molecule has 0 aliphatic rings. The molecule has 0 saturated heterocycles. The van der Waals surface area contributed by atoms with Gasteiger partial charge >= 0.3 is 5.97 Å². The largest absolute Gasteiger partial charge is 0.466 e. The van der Waals surface area contributed by atoms with Gasteiger partial charge in [-0.1, -0.05) is 283 Å². The van der Waals surface area contributed by atoms with E-state index in [9.17, 15) is 19.8 Å². The van der Waals surface area contributed by atoms with Crippen LogP contribution in [0.2, 0.25) is 0 Å². The van der Waals surface area contributed by atoms with E-state index < -0.39 is 12.1 Å². The molecule has 374 valence electrons. The third-order valence-corrected chi connectivity index (χ3v) is 13.3. The average Bonchev–Trinajstić information content (AvgIpc) is 3.28. The first-order chi connectivity index (χ1) is 31.0. The van der Waals surface area contributed by atoms with Crippen LogP contribution < -0.4 is 5.32 Å². The van der Waals surface area contributed by atoms with Gasteiger partial charge in [-0.15, -0.1) is 0 Å². The lowest BCUT2D eigenvalue weighted by molar-refractivity contribution is -0.143. The quantitative estimate of drug-likeness (QED) is 0.0321. The normalized spacial score (nSPS) is 12.6. The van der Waals surface area contributed by atoms with E-state index in [-0.39, 0.29) is 18.5 Å². The number of allylic oxidation sites excluding steroid dienone is 1. The van der Waals surface area contributed by atoms with Crippen LogP contribution in [0.4, 0.5) is 0 Å². The van der Waals surface area contributed by atoms with Crippen molar-refractivity contribution in [3.63, 3.8) is 0 Å². The average molecular weight is 891 g/mol. The molecule has 0 aliphatic carbocycles. The molecule has 6 nitrogen and oxygen atoms in total. The second-order valence-corrected chi connectivity index (χ2v) is 19.6. The Kier molecular flexibility index (Phi) is 52.0. The van der Waals surface area contributed by atoms with Gasteiger partial charge < -0.3 is 20.3 Å². The highest BCUT2D eigenvalue weighted by Crippen LogP contribution is 2.17. The predicted molar refractivity (Wildman–Crippen MR) is 273 cm³/mol. The van der Waals surface area contributed by atoms with Crippen molar-refractivity contribution in [2.75, 3.05) is 13.2 Å². The summed E-state index contributed by atoms with van der Waals surface area (Å²) in [5.41, 5.74) is 0. The van der Waals surface area contributed by atoms with E-state index in [0.717, 1.165) is 38.5 Å². The number of nitrogens with one attached hydrogen (secondary N) is 1. The standard InChI is InChI=1S/C57H111NO5/c1-3-5-7-9-11-13-15-31-35-39-43-47-51-57(62)63-52-48-44-40-36-32-29-27-25-23-21-19-17-16-18-20-22-24-26-28-30-34-38-42-46-50-56(61)58-54(53-59)55(60)49-45-41-37-33-14-12-10-8-6-4-2/h45,49,54-55,59-60H,3-44,46-48,50-53H2,1-2H3,(H,58,61)/b49-45+. The summed E-state index contributed by atoms with van der Waals surface area (Å²) >= 11 is 0. The highest BCUT2D eigenvalue weighted by molar-refractivity contribution is 5.76. The topological polar surface area (TPSA) is 95.9 Å². The van der Waals surface area contributed by atoms with E-state index in [1.165, 1.54) is 250 Å². The van der Waals surface area contributed by atoms with E-state index >= 15 is 0 Å². The lowest BCUT2D eigenvalue weighted by Gasteiger charge is -2.20. The van der Waals surface area contributed by atoms with Crippen molar-refractivity contribution in [3.05, 3.63) is 12.2 Å². The first-order valence-corrected chi connectivity index (χ1v) is 28.5. The molecule has 0 heterocycles. The van der Waals surface area contributed by atoms with Crippen LogP contribution in [0, 0.1) is 0 Å². The van der Waals surface area contributed by atoms with Crippen molar-refractivity contribution in [2.45, 2.75) is 328 Å². The van der Waals surface area contributed by atoms with Gasteiger partial charge in [0.1, 0.15) is 0 Å². The monoisotopic (exact) mass is 890 g/mol. The molecular weight excluding hydrogens is 779 g/mol. The Balaban J connectivity index is 3.35. The molecule has 0 aromatic heterocycles. The first-order valence-electron chi connectivity index (χ1n) is 28.5. The molecule has 0 aliphatic heterocycles. The Labute approximate surface area is 393 Å². The molecule has 0 spiro atoms. The zero-order valence-corrected chi connectivity index (χ0v) is 42.6. The number of esters is 1. The zero-order chi connectivity index (χ0) is 45.8. The number of amides is 1. The van der Waals surface area contributed by atoms with Gasteiger partial charge in [-0.2, -0.15) is 0 Å². The van der Waals surface area contributed by atoms with Crippen LogP contribution in [0.5, 0.6) is 0 Å². The van der Waals surface area contributed by atoms with Gasteiger partial charge in [0, 0.05) is 12.8 Å². The minimum atomic E-state index is -0.840. The van der Waals surface area contributed by atoms with E-state index in [4.69, 9.17) is 4.74 Å². The maximum absolute atomic E-state index is 12.4. The van der Waals surface area contributed by atoms with Gasteiger partial charge in [-0.05, 0) is 32.1 Å². The minimum absolute atomic E-state index is 0.0158. The van der Waals surface area contributed by atoms with E-state index in [0.29, 0.717) is 19.4 Å². The minimum Gasteiger partial charge on any atom is -0.466 e. The van der Waals surface area contributed by atoms with Crippen molar-refractivity contribution >= 4 is 11.9 Å². The van der Waals surface area contributed by atoms with E-state index in [2.05, 4.69) is 19.2 Å². The van der Waals surface area contributed by atoms with Crippen LogP contribution in [-0.2, 0) is 14.3 Å². The zero-order valence-electron chi connectivity index (χ0n) is 42.6. The first kappa shape index (κ1) is 61.6. The maximum Gasteiger partial charge on any atom is 0.305 e. The fraction of sp³-hybridized carbons (Fsp3) is 0.930. The Morgan fingerprint density at radius 1 is 0.429 bits per heavy atom. The SMILES string of the molecule is CCCCCCCCCC/C=C/C(O)C(CO)NC(=O)CCCCCCCCCCCCCCCCCCCCCCCCCCOC(=O)CCCCCCCCCCCCCC. The molecule has 1 amide bonds. The summed E-state index contributed by atoms with van der Waals surface area (Å²) in [6, 6.07) is -0.624. The third-order valence-electron chi connectivity index (χ3n) is 13.3. The van der Waals surface area contributed by atoms with Gasteiger partial charge in [0.05, 0.1) is 25.4 Å². The Bertz CT molecular complexity index is 939.